The molecule has 130 valence electrons. The lowest BCUT2D eigenvalue weighted by Gasteiger charge is -2.34. The molecule has 1 aliphatic rings. The van der Waals surface area contributed by atoms with Gasteiger partial charge in [0.05, 0.1) is 18.3 Å². The zero-order chi connectivity index (χ0) is 17.0. The van der Waals surface area contributed by atoms with Crippen LogP contribution in [0.25, 0.3) is 0 Å². The Balaban J connectivity index is 1.56. The molecule has 1 fully saturated rings. The van der Waals surface area contributed by atoms with Crippen molar-refractivity contribution in [1.29, 1.82) is 0 Å². The summed E-state index contributed by atoms with van der Waals surface area (Å²) in [5, 5.41) is 0. The normalized spacial score (nSPS) is 17.0. The van der Waals surface area contributed by atoms with Gasteiger partial charge in [0.1, 0.15) is 5.75 Å². The highest BCUT2D eigenvalue weighted by Gasteiger charge is 2.28. The van der Waals surface area contributed by atoms with Crippen molar-refractivity contribution in [2.75, 3.05) is 39.8 Å². The van der Waals surface area contributed by atoms with Gasteiger partial charge in [-0.05, 0) is 24.3 Å². The second kappa shape index (κ2) is 7.33. The van der Waals surface area contributed by atoms with Gasteiger partial charge in [0.15, 0.2) is 0 Å². The maximum Gasteiger partial charge on any atom is 0.243 e. The fourth-order valence-electron chi connectivity index (χ4n) is 2.77. The number of hydrogen-bond acceptors (Lipinski definition) is 5. The predicted octanol–water partition coefficient (Wildman–Crippen LogP) is 0.898. The summed E-state index contributed by atoms with van der Waals surface area (Å²) in [6.45, 7) is 4.27. The average Bonchev–Trinajstić information content (AvgIpc) is 3.14. The lowest BCUT2D eigenvalue weighted by Crippen LogP contribution is -2.49. The van der Waals surface area contributed by atoms with Crippen LogP contribution in [0.3, 0.4) is 0 Å². The molecule has 1 saturated heterocycles. The molecule has 0 atom stereocenters. The van der Waals surface area contributed by atoms with Crippen molar-refractivity contribution in [2.45, 2.75) is 11.4 Å². The summed E-state index contributed by atoms with van der Waals surface area (Å²) in [6, 6.07) is 6.54. The van der Waals surface area contributed by atoms with Gasteiger partial charge in [0.25, 0.3) is 0 Å². The molecule has 2 aromatic rings. The van der Waals surface area contributed by atoms with E-state index in [-0.39, 0.29) is 0 Å². The molecule has 2 heterocycles. The Morgan fingerprint density at radius 3 is 2.38 bits per heavy atom. The zero-order valence-electron chi connectivity index (χ0n) is 13.7. The van der Waals surface area contributed by atoms with E-state index in [9.17, 15) is 8.42 Å². The molecule has 0 aliphatic carbocycles. The summed E-state index contributed by atoms with van der Waals surface area (Å²) in [4.78, 5) is 6.62. The number of methoxy groups -OCH3 is 1. The van der Waals surface area contributed by atoms with Crippen molar-refractivity contribution in [3.8, 4) is 5.75 Å². The van der Waals surface area contributed by atoms with Crippen molar-refractivity contribution >= 4 is 10.0 Å². The van der Waals surface area contributed by atoms with Crippen LogP contribution in [0.15, 0.2) is 47.9 Å². The molecule has 24 heavy (non-hydrogen) atoms. The Labute approximate surface area is 142 Å². The van der Waals surface area contributed by atoms with E-state index in [0.29, 0.717) is 23.7 Å². The van der Waals surface area contributed by atoms with Crippen molar-refractivity contribution in [1.82, 2.24) is 18.8 Å². The van der Waals surface area contributed by atoms with E-state index in [1.165, 1.54) is 0 Å². The van der Waals surface area contributed by atoms with Crippen LogP contribution >= 0.6 is 0 Å². The SMILES string of the molecule is COc1ccc(S(=O)(=O)N2CCN(CCn3ccnc3)CC2)cc1. The predicted molar refractivity (Wildman–Crippen MR) is 90.4 cm³/mol. The Kier molecular flexibility index (Phi) is 5.17. The van der Waals surface area contributed by atoms with Gasteiger partial charge in [-0.3, -0.25) is 4.90 Å². The third-order valence-corrected chi connectivity index (χ3v) is 6.17. The molecule has 1 aromatic carbocycles. The third-order valence-electron chi connectivity index (χ3n) is 4.26. The highest BCUT2D eigenvalue weighted by molar-refractivity contribution is 7.89. The molecule has 0 N–H and O–H groups in total. The van der Waals surface area contributed by atoms with Crippen LogP contribution in [0, 0.1) is 0 Å². The first kappa shape index (κ1) is 16.9. The third kappa shape index (κ3) is 3.77. The molecule has 8 heteroatoms. The number of aromatic nitrogens is 2. The van der Waals surface area contributed by atoms with E-state index < -0.39 is 10.0 Å². The molecule has 7 nitrogen and oxygen atoms in total. The average molecular weight is 350 g/mol. The summed E-state index contributed by atoms with van der Waals surface area (Å²) in [5.74, 6) is 0.651. The van der Waals surface area contributed by atoms with Crippen LogP contribution in [0.4, 0.5) is 0 Å². The topological polar surface area (TPSA) is 67.7 Å². The second-order valence-electron chi connectivity index (χ2n) is 5.72. The highest BCUT2D eigenvalue weighted by Crippen LogP contribution is 2.20. The first-order chi connectivity index (χ1) is 11.6. The number of benzene rings is 1. The summed E-state index contributed by atoms with van der Waals surface area (Å²) < 4.78 is 34.0. The minimum absolute atomic E-state index is 0.315. The number of nitrogens with zero attached hydrogens (tertiary/aromatic N) is 4. The maximum absolute atomic E-state index is 12.7. The number of sulfonamides is 1. The Morgan fingerprint density at radius 2 is 1.79 bits per heavy atom. The van der Waals surface area contributed by atoms with Crippen molar-refractivity contribution in [3.05, 3.63) is 43.0 Å². The second-order valence-corrected chi connectivity index (χ2v) is 7.66. The Bertz CT molecular complexity index is 736. The standard InChI is InChI=1S/C16H22N4O3S/c1-23-15-2-4-16(5-3-15)24(21,22)20-12-10-18(11-13-20)8-9-19-7-6-17-14-19/h2-7,14H,8-13H2,1H3. The van der Waals surface area contributed by atoms with Crippen LogP contribution in [-0.2, 0) is 16.6 Å². The number of hydrogen-bond donors (Lipinski definition) is 0. The minimum atomic E-state index is -3.43. The first-order valence-corrected chi connectivity index (χ1v) is 9.36. The van der Waals surface area contributed by atoms with E-state index >= 15 is 0 Å². The van der Waals surface area contributed by atoms with Gasteiger partial charge in [-0.15, -0.1) is 0 Å². The molecule has 0 unspecified atom stereocenters. The molecule has 0 amide bonds. The van der Waals surface area contributed by atoms with Crippen LogP contribution in [0.2, 0.25) is 0 Å². The lowest BCUT2D eigenvalue weighted by atomic mass is 10.3. The molecule has 0 spiro atoms. The maximum atomic E-state index is 12.7. The molecular weight excluding hydrogens is 328 g/mol. The number of rotatable bonds is 6. The fourth-order valence-corrected chi connectivity index (χ4v) is 4.19. The highest BCUT2D eigenvalue weighted by atomic mass is 32.2. The largest absolute Gasteiger partial charge is 0.497 e. The van der Waals surface area contributed by atoms with E-state index in [1.54, 1.807) is 48.2 Å². The number of ether oxygens (including phenoxy) is 1. The van der Waals surface area contributed by atoms with E-state index in [2.05, 4.69) is 9.88 Å². The molecule has 0 saturated carbocycles. The molecule has 0 radical (unpaired) electrons. The van der Waals surface area contributed by atoms with Crippen LogP contribution < -0.4 is 4.74 Å². The smallest absolute Gasteiger partial charge is 0.243 e. The van der Waals surface area contributed by atoms with E-state index in [1.807, 2.05) is 10.8 Å². The Morgan fingerprint density at radius 1 is 1.08 bits per heavy atom. The Hall–Kier alpha value is -1.90. The lowest BCUT2D eigenvalue weighted by molar-refractivity contribution is 0.183. The molecule has 0 bridgehead atoms. The van der Waals surface area contributed by atoms with E-state index in [0.717, 1.165) is 26.2 Å². The summed E-state index contributed by atoms with van der Waals surface area (Å²) >= 11 is 0. The van der Waals surface area contributed by atoms with Gasteiger partial charge in [-0.25, -0.2) is 13.4 Å². The zero-order valence-corrected chi connectivity index (χ0v) is 14.5. The number of imidazole rings is 1. The van der Waals surface area contributed by atoms with Crippen LogP contribution in [0.5, 0.6) is 5.75 Å². The molecule has 1 aliphatic heterocycles. The molecule has 3 rings (SSSR count). The van der Waals surface area contributed by atoms with Crippen molar-refractivity contribution in [2.24, 2.45) is 0 Å². The van der Waals surface area contributed by atoms with Gasteiger partial charge in [0.2, 0.25) is 10.0 Å². The van der Waals surface area contributed by atoms with Gasteiger partial charge < -0.3 is 9.30 Å². The number of piperazine rings is 1. The summed E-state index contributed by atoms with van der Waals surface area (Å²) in [7, 11) is -1.87. The minimum Gasteiger partial charge on any atom is -0.497 e. The van der Waals surface area contributed by atoms with Crippen molar-refractivity contribution in [3.63, 3.8) is 0 Å². The molecule has 1 aromatic heterocycles. The summed E-state index contributed by atoms with van der Waals surface area (Å²) in [5.41, 5.74) is 0. The van der Waals surface area contributed by atoms with Gasteiger partial charge in [-0.1, -0.05) is 0 Å². The monoisotopic (exact) mass is 350 g/mol. The molecular formula is C16H22N4O3S. The van der Waals surface area contributed by atoms with Crippen molar-refractivity contribution < 1.29 is 13.2 Å². The summed E-state index contributed by atoms with van der Waals surface area (Å²) in [6.07, 6.45) is 5.49. The first-order valence-electron chi connectivity index (χ1n) is 7.92. The van der Waals surface area contributed by atoms with Crippen LogP contribution in [-0.4, -0.2) is 67.0 Å². The van der Waals surface area contributed by atoms with Crippen LogP contribution in [0.1, 0.15) is 0 Å². The van der Waals surface area contributed by atoms with Gasteiger partial charge >= 0.3 is 0 Å². The fraction of sp³-hybridized carbons (Fsp3) is 0.438. The van der Waals surface area contributed by atoms with Gasteiger partial charge in [0, 0.05) is 51.7 Å². The van der Waals surface area contributed by atoms with Gasteiger partial charge in [-0.2, -0.15) is 4.31 Å². The quantitative estimate of drug-likeness (QED) is 0.774. The van der Waals surface area contributed by atoms with E-state index in [4.69, 9.17) is 4.74 Å².